The fourth-order valence-electron chi connectivity index (χ4n) is 3.67. The van der Waals surface area contributed by atoms with Crippen molar-refractivity contribution in [3.8, 4) is 0 Å². The minimum Gasteiger partial charge on any atom is -0.355 e. The lowest BCUT2D eigenvalue weighted by atomic mass is 10.1. The zero-order valence-electron chi connectivity index (χ0n) is 15.5. The van der Waals surface area contributed by atoms with Crippen molar-refractivity contribution >= 4 is 76.5 Å². The van der Waals surface area contributed by atoms with Crippen molar-refractivity contribution in [2.45, 2.75) is 6.92 Å². The van der Waals surface area contributed by atoms with Crippen LogP contribution < -0.4 is 5.32 Å². The maximum atomic E-state index is 3.97. The van der Waals surface area contributed by atoms with E-state index in [4.69, 9.17) is 0 Å². The van der Waals surface area contributed by atoms with Gasteiger partial charge >= 0.3 is 0 Å². The summed E-state index contributed by atoms with van der Waals surface area (Å²) in [6.45, 7) is 6.02. The van der Waals surface area contributed by atoms with Gasteiger partial charge in [-0.2, -0.15) is 0 Å². The first-order chi connectivity index (χ1) is 13.8. The molecule has 28 heavy (non-hydrogen) atoms. The summed E-state index contributed by atoms with van der Waals surface area (Å²) >= 11 is 3.64. The maximum Gasteiger partial charge on any atom is 0.0391 e. The van der Waals surface area contributed by atoms with Gasteiger partial charge in [-0.3, -0.25) is 0 Å². The van der Waals surface area contributed by atoms with Gasteiger partial charge in [0.2, 0.25) is 0 Å². The molecule has 1 N–H and O–H groups in total. The third kappa shape index (κ3) is 2.84. The van der Waals surface area contributed by atoms with Crippen LogP contribution >= 0.6 is 22.7 Å². The quantitative estimate of drug-likeness (QED) is 0.320. The van der Waals surface area contributed by atoms with Gasteiger partial charge in [-0.15, -0.1) is 22.7 Å². The zero-order valence-corrected chi connectivity index (χ0v) is 17.2. The fraction of sp³-hybridized carbons (Fsp3) is 0.0400. The Bertz CT molecular complexity index is 1370. The summed E-state index contributed by atoms with van der Waals surface area (Å²) < 4.78 is 3.95. The van der Waals surface area contributed by atoms with E-state index in [1.54, 1.807) is 11.3 Å². The molecule has 0 spiro atoms. The van der Waals surface area contributed by atoms with E-state index < -0.39 is 0 Å². The van der Waals surface area contributed by atoms with E-state index in [0.29, 0.717) is 0 Å². The van der Waals surface area contributed by atoms with E-state index in [1.165, 1.54) is 40.7 Å². The minimum atomic E-state index is 1.10. The predicted molar refractivity (Wildman–Crippen MR) is 129 cm³/mol. The number of anilines is 2. The van der Waals surface area contributed by atoms with E-state index in [0.717, 1.165) is 11.4 Å². The normalized spacial score (nSPS) is 11.8. The van der Waals surface area contributed by atoms with Gasteiger partial charge < -0.3 is 5.32 Å². The molecule has 0 unspecified atom stereocenters. The molecule has 0 aliphatic rings. The lowest BCUT2D eigenvalue weighted by Crippen LogP contribution is -1.89. The monoisotopic (exact) mass is 397 g/mol. The largest absolute Gasteiger partial charge is 0.355 e. The molecule has 3 aromatic carbocycles. The molecule has 3 heteroatoms. The molecule has 0 amide bonds. The van der Waals surface area contributed by atoms with Crippen molar-refractivity contribution in [2.75, 3.05) is 5.32 Å². The molecule has 1 nitrogen and oxygen atoms in total. The smallest absolute Gasteiger partial charge is 0.0391 e. The van der Waals surface area contributed by atoms with Crippen LogP contribution in [0.15, 0.2) is 73.3 Å². The standard InChI is InChI=1S/C25H19NS2/c1-3-7-18-20-14-16(10-12-24(20)27-22(18)4-2)26-17-11-13-25-21(15-17)19-8-5-6-9-23(19)28-25/h3-15,26H,2H2,1H3/b7-3-. The van der Waals surface area contributed by atoms with Crippen molar-refractivity contribution in [2.24, 2.45) is 0 Å². The molecule has 2 aromatic heterocycles. The lowest BCUT2D eigenvalue weighted by Gasteiger charge is -2.07. The van der Waals surface area contributed by atoms with Crippen LogP contribution in [0.25, 0.3) is 42.4 Å². The van der Waals surface area contributed by atoms with Gasteiger partial charge in [0.25, 0.3) is 0 Å². The number of nitrogens with one attached hydrogen (secondary N) is 1. The maximum absolute atomic E-state index is 3.97. The van der Waals surface area contributed by atoms with Crippen LogP contribution in [0.3, 0.4) is 0 Å². The van der Waals surface area contributed by atoms with Gasteiger partial charge in [0.15, 0.2) is 0 Å². The third-order valence-electron chi connectivity index (χ3n) is 4.94. The average Bonchev–Trinajstić information content (AvgIpc) is 3.26. The SMILES string of the molecule is C=Cc1sc2ccc(Nc3ccc4sc5ccccc5c4c3)cc2c1/C=C\C. The Balaban J connectivity index is 1.58. The zero-order chi connectivity index (χ0) is 19.1. The molecule has 0 aliphatic heterocycles. The van der Waals surface area contributed by atoms with Crippen LogP contribution in [-0.4, -0.2) is 0 Å². The summed E-state index contributed by atoms with van der Waals surface area (Å²) in [4.78, 5) is 1.22. The number of hydrogen-bond donors (Lipinski definition) is 1. The molecule has 136 valence electrons. The van der Waals surface area contributed by atoms with Crippen LogP contribution in [0.5, 0.6) is 0 Å². The molecule has 0 saturated carbocycles. The van der Waals surface area contributed by atoms with Crippen molar-refractivity contribution in [1.82, 2.24) is 0 Å². The number of rotatable bonds is 4. The first kappa shape index (κ1) is 17.2. The highest BCUT2D eigenvalue weighted by Crippen LogP contribution is 2.37. The molecule has 0 radical (unpaired) electrons. The van der Waals surface area contributed by atoms with Crippen molar-refractivity contribution in [3.63, 3.8) is 0 Å². The molecular weight excluding hydrogens is 378 g/mol. The predicted octanol–water partition coefficient (Wildman–Crippen LogP) is 8.69. The number of benzene rings is 3. The van der Waals surface area contributed by atoms with Gasteiger partial charge in [-0.1, -0.05) is 43.0 Å². The van der Waals surface area contributed by atoms with Crippen LogP contribution in [0, 0.1) is 0 Å². The molecule has 5 aromatic rings. The topological polar surface area (TPSA) is 12.0 Å². The molecule has 0 aliphatic carbocycles. The summed E-state index contributed by atoms with van der Waals surface area (Å²) in [5, 5.41) is 7.50. The highest BCUT2D eigenvalue weighted by Gasteiger charge is 2.09. The molecule has 5 rings (SSSR count). The number of allylic oxidation sites excluding steroid dienone is 1. The Kier molecular flexibility index (Phi) is 4.27. The average molecular weight is 398 g/mol. The second-order valence-electron chi connectivity index (χ2n) is 6.73. The Morgan fingerprint density at radius 1 is 0.786 bits per heavy atom. The molecule has 0 fully saturated rings. The Morgan fingerprint density at radius 3 is 2.21 bits per heavy atom. The minimum absolute atomic E-state index is 1.10. The molecule has 0 saturated heterocycles. The van der Waals surface area contributed by atoms with Crippen molar-refractivity contribution in [3.05, 3.63) is 83.8 Å². The van der Waals surface area contributed by atoms with Gasteiger partial charge in [0.05, 0.1) is 0 Å². The Labute approximate surface area is 172 Å². The second kappa shape index (κ2) is 6.93. The van der Waals surface area contributed by atoms with Crippen LogP contribution in [0.4, 0.5) is 11.4 Å². The lowest BCUT2D eigenvalue weighted by molar-refractivity contribution is 1.60. The van der Waals surface area contributed by atoms with Gasteiger partial charge in [-0.05, 0) is 49.4 Å². The molecule has 0 atom stereocenters. The van der Waals surface area contributed by atoms with Crippen LogP contribution in [-0.2, 0) is 0 Å². The summed E-state index contributed by atoms with van der Waals surface area (Å²) in [6, 6.07) is 21.8. The van der Waals surface area contributed by atoms with E-state index in [1.807, 2.05) is 17.4 Å². The van der Waals surface area contributed by atoms with Crippen LogP contribution in [0.2, 0.25) is 0 Å². The summed E-state index contributed by atoms with van der Waals surface area (Å²) in [6.07, 6.45) is 6.20. The Morgan fingerprint density at radius 2 is 1.46 bits per heavy atom. The van der Waals surface area contributed by atoms with E-state index in [-0.39, 0.29) is 0 Å². The van der Waals surface area contributed by atoms with Crippen molar-refractivity contribution < 1.29 is 0 Å². The molecule has 2 heterocycles. The fourth-order valence-corrected chi connectivity index (χ4v) is 5.78. The highest BCUT2D eigenvalue weighted by atomic mass is 32.1. The number of thiophene rings is 2. The number of fused-ring (bicyclic) bond motifs is 4. The van der Waals surface area contributed by atoms with Crippen LogP contribution in [0.1, 0.15) is 17.4 Å². The number of hydrogen-bond acceptors (Lipinski definition) is 3. The first-order valence-electron chi connectivity index (χ1n) is 9.27. The van der Waals surface area contributed by atoms with E-state index >= 15 is 0 Å². The van der Waals surface area contributed by atoms with Gasteiger partial charge in [0, 0.05) is 52.1 Å². The summed E-state index contributed by atoms with van der Waals surface area (Å²) in [7, 11) is 0. The van der Waals surface area contributed by atoms with E-state index in [2.05, 4.69) is 91.6 Å². The molecular formula is C25H19NS2. The summed E-state index contributed by atoms with van der Waals surface area (Å²) in [5.74, 6) is 0. The van der Waals surface area contributed by atoms with Gasteiger partial charge in [0.1, 0.15) is 0 Å². The van der Waals surface area contributed by atoms with Gasteiger partial charge in [-0.25, -0.2) is 0 Å². The van der Waals surface area contributed by atoms with E-state index in [9.17, 15) is 0 Å². The summed E-state index contributed by atoms with van der Waals surface area (Å²) in [5.41, 5.74) is 3.47. The second-order valence-corrected chi connectivity index (χ2v) is 8.90. The first-order valence-corrected chi connectivity index (χ1v) is 10.9. The van der Waals surface area contributed by atoms with Crippen molar-refractivity contribution in [1.29, 1.82) is 0 Å². The third-order valence-corrected chi connectivity index (χ3v) is 7.27. The Hall–Kier alpha value is -2.88. The highest BCUT2D eigenvalue weighted by molar-refractivity contribution is 7.25. The molecule has 0 bridgehead atoms.